The van der Waals surface area contributed by atoms with Crippen molar-refractivity contribution in [3.05, 3.63) is 181 Å². The van der Waals surface area contributed by atoms with Gasteiger partial charge in [0.25, 0.3) is 0 Å². The van der Waals surface area contributed by atoms with Gasteiger partial charge in [-0.3, -0.25) is 0 Å². The van der Waals surface area contributed by atoms with Crippen LogP contribution in [-0.4, -0.2) is 0 Å². The molecule has 0 unspecified atom stereocenters. The van der Waals surface area contributed by atoms with Crippen LogP contribution in [0.3, 0.4) is 0 Å². The van der Waals surface area contributed by atoms with Crippen LogP contribution in [-0.2, 0) is 6.42 Å². The molecule has 0 N–H and O–H groups in total. The summed E-state index contributed by atoms with van der Waals surface area (Å²) in [5.41, 5.74) is 1.58. The Morgan fingerprint density at radius 2 is 0.935 bits per heavy atom. The monoisotopic (exact) mass is 603 g/mol. The lowest BCUT2D eigenvalue weighted by atomic mass is 9.86. The van der Waals surface area contributed by atoms with Crippen molar-refractivity contribution in [2.75, 3.05) is 0 Å². The van der Waals surface area contributed by atoms with Crippen molar-refractivity contribution in [1.82, 2.24) is 0 Å². The Kier molecular flexibility index (Phi) is 3.43. The summed E-state index contributed by atoms with van der Waals surface area (Å²) in [5.74, 6) is 0. The van der Waals surface area contributed by atoms with Gasteiger partial charge in [-0.1, -0.05) is 145 Å². The zero-order chi connectivity index (χ0) is 45.2. The van der Waals surface area contributed by atoms with E-state index in [0.717, 1.165) is 21.9 Å². The van der Waals surface area contributed by atoms with Crippen LogP contribution in [0.5, 0.6) is 0 Å². The van der Waals surface area contributed by atoms with Gasteiger partial charge in [0.05, 0.1) is 23.3 Å². The molecule has 216 valence electrons. The summed E-state index contributed by atoms with van der Waals surface area (Å²) in [7, 11) is 0. The quantitative estimate of drug-likeness (QED) is 0.178. The highest BCUT2D eigenvalue weighted by Gasteiger charge is 2.16. The first kappa shape index (κ1) is 14.5. The fourth-order valence-corrected chi connectivity index (χ4v) is 6.00. The average molecular weight is 604 g/mol. The second-order valence-corrected chi connectivity index (χ2v) is 10.8. The Bertz CT molecular complexity index is 3370. The van der Waals surface area contributed by atoms with Crippen LogP contribution >= 0.6 is 0 Å². The predicted octanol–water partition coefficient (Wildman–Crippen LogP) is 12.5. The van der Waals surface area contributed by atoms with E-state index < -0.39 is 131 Å². The van der Waals surface area contributed by atoms with Crippen molar-refractivity contribution in [3.8, 4) is 33.4 Å². The molecule has 0 spiro atoms. The van der Waals surface area contributed by atoms with Gasteiger partial charge in [-0.05, 0) is 96.7 Å². The molecule has 46 heavy (non-hydrogen) atoms. The molecule has 1 heterocycles. The van der Waals surface area contributed by atoms with Crippen LogP contribution in [0.4, 0.5) is 0 Å². The smallest absolute Gasteiger partial charge is 0.136 e. The normalized spacial score (nSPS) is 16.7. The van der Waals surface area contributed by atoms with E-state index in [1.165, 1.54) is 0 Å². The Morgan fingerprint density at radius 1 is 0.413 bits per heavy atom. The molecule has 0 aliphatic heterocycles. The molecule has 1 aromatic heterocycles. The maximum absolute atomic E-state index is 9.46. The van der Waals surface area contributed by atoms with Crippen molar-refractivity contribution in [3.63, 3.8) is 0 Å². The molecule has 9 aromatic rings. The maximum atomic E-state index is 9.46. The van der Waals surface area contributed by atoms with E-state index in [0.29, 0.717) is 11.2 Å². The molecule has 0 saturated carbocycles. The molecule has 0 aliphatic carbocycles. The standard InChI is InChI=1S/C45H30O/c1-3-11-30(12-4-1)27-42-36-15-7-9-17-40(36)45(41-18-10-8-16-37(41)42)33-21-19-32(20-22-33)35-24-26-39-38-25-23-34(31-13-5-2-6-14-31)28-43(38)46-44(39)29-35/h1-26,28-29H,27H2/i1D,3D,4D,7D,8D,9D,10D,11D,12D,15D,16D,17D,18D,19D,20D,21D,22D. The van der Waals surface area contributed by atoms with Crippen molar-refractivity contribution in [2.45, 2.75) is 6.42 Å². The third-order valence-corrected chi connectivity index (χ3v) is 8.13. The number of rotatable bonds is 5. The molecule has 0 atom stereocenters. The predicted molar refractivity (Wildman–Crippen MR) is 194 cm³/mol. The third kappa shape index (κ3) is 4.48. The van der Waals surface area contributed by atoms with E-state index in [9.17, 15) is 8.22 Å². The lowest BCUT2D eigenvalue weighted by Crippen LogP contribution is -1.95. The minimum atomic E-state index is -0.774. The number of hydrogen-bond acceptors (Lipinski definition) is 1. The first-order chi connectivity index (χ1) is 29.9. The Hall–Kier alpha value is -5.92. The van der Waals surface area contributed by atoms with E-state index in [1.54, 1.807) is 18.2 Å². The first-order valence-electron chi connectivity index (χ1n) is 23.0. The van der Waals surface area contributed by atoms with E-state index in [2.05, 4.69) is 0 Å². The number of benzene rings is 8. The molecule has 0 radical (unpaired) electrons. The molecule has 0 amide bonds. The lowest BCUT2D eigenvalue weighted by Gasteiger charge is -2.18. The third-order valence-electron chi connectivity index (χ3n) is 8.13. The molecule has 0 saturated heterocycles. The highest BCUT2D eigenvalue weighted by Crippen LogP contribution is 2.41. The van der Waals surface area contributed by atoms with Gasteiger partial charge < -0.3 is 4.42 Å². The molecule has 9 rings (SSSR count). The van der Waals surface area contributed by atoms with Crippen LogP contribution in [0.15, 0.2) is 174 Å². The van der Waals surface area contributed by atoms with E-state index in [4.69, 9.17) is 19.5 Å². The highest BCUT2D eigenvalue weighted by molar-refractivity contribution is 6.15. The van der Waals surface area contributed by atoms with Gasteiger partial charge in [-0.2, -0.15) is 0 Å². The van der Waals surface area contributed by atoms with Gasteiger partial charge in [-0.15, -0.1) is 0 Å². The minimum absolute atomic E-state index is 0.128. The number of fused-ring (bicyclic) bond motifs is 5. The summed E-state index contributed by atoms with van der Waals surface area (Å²) in [6, 6.07) is 8.78. The maximum Gasteiger partial charge on any atom is 0.136 e. The summed E-state index contributed by atoms with van der Waals surface area (Å²) in [4.78, 5) is 0. The molecule has 0 aliphatic rings. The zero-order valence-corrected chi connectivity index (χ0v) is 24.0. The topological polar surface area (TPSA) is 13.1 Å². The molecular formula is C45H30O. The van der Waals surface area contributed by atoms with Gasteiger partial charge in [0, 0.05) is 10.8 Å². The lowest BCUT2D eigenvalue weighted by molar-refractivity contribution is 0.669. The molecule has 1 heteroatoms. The van der Waals surface area contributed by atoms with Crippen molar-refractivity contribution in [2.24, 2.45) is 0 Å². The van der Waals surface area contributed by atoms with Crippen LogP contribution in [0.1, 0.15) is 34.4 Å². The van der Waals surface area contributed by atoms with Crippen LogP contribution in [0.2, 0.25) is 0 Å². The fourth-order valence-electron chi connectivity index (χ4n) is 6.00. The number of hydrogen-bond donors (Lipinski definition) is 0. The summed E-state index contributed by atoms with van der Waals surface area (Å²) in [5, 5.41) is 0.0271. The highest BCUT2D eigenvalue weighted by atomic mass is 16.3. The molecule has 1 nitrogen and oxygen atoms in total. The van der Waals surface area contributed by atoms with Gasteiger partial charge in [0.1, 0.15) is 11.2 Å². The van der Waals surface area contributed by atoms with Crippen LogP contribution in [0, 0.1) is 0 Å². The van der Waals surface area contributed by atoms with Crippen LogP contribution < -0.4 is 0 Å². The van der Waals surface area contributed by atoms with Gasteiger partial charge in [0.15, 0.2) is 0 Å². The fraction of sp³-hybridized carbons (Fsp3) is 0.0222. The molecule has 0 bridgehead atoms. The second kappa shape index (κ2) is 10.9. The van der Waals surface area contributed by atoms with Gasteiger partial charge >= 0.3 is 0 Å². The van der Waals surface area contributed by atoms with Crippen molar-refractivity contribution >= 4 is 43.5 Å². The number of furan rings is 1. The van der Waals surface area contributed by atoms with E-state index in [-0.39, 0.29) is 33.0 Å². The SMILES string of the molecule is [2H]c1c([2H])c([2H])c(Cc2c3c([2H])c([2H])c([2H])c([2H])c3c(-c3c([2H])c([2H])c(-c4ccc5c(c4)oc4cc(-c6ccccc6)ccc45)c([2H])c3[2H])c3c([2H])c([2H])c([2H])c([2H])c23)c([2H])c1[2H]. The summed E-state index contributed by atoms with van der Waals surface area (Å²) in [6.07, 6.45) is -0.654. The largest absolute Gasteiger partial charge is 0.456 e. The summed E-state index contributed by atoms with van der Waals surface area (Å²) < 4.78 is 157. The minimum Gasteiger partial charge on any atom is -0.456 e. The van der Waals surface area contributed by atoms with Gasteiger partial charge in [0.2, 0.25) is 0 Å². The molecular weight excluding hydrogens is 556 g/mol. The average Bonchev–Trinajstić information content (AvgIpc) is 3.65. The first-order valence-corrected chi connectivity index (χ1v) is 14.5. The summed E-state index contributed by atoms with van der Waals surface area (Å²) in [6.45, 7) is 0. The van der Waals surface area contributed by atoms with Gasteiger partial charge in [-0.25, -0.2) is 0 Å². The zero-order valence-electron chi connectivity index (χ0n) is 41.0. The van der Waals surface area contributed by atoms with E-state index >= 15 is 0 Å². The second-order valence-electron chi connectivity index (χ2n) is 10.8. The molecule has 8 aromatic carbocycles. The van der Waals surface area contributed by atoms with Crippen molar-refractivity contribution in [1.29, 1.82) is 0 Å². The molecule has 0 fully saturated rings. The Balaban J connectivity index is 1.36. The summed E-state index contributed by atoms with van der Waals surface area (Å²) >= 11 is 0. The van der Waals surface area contributed by atoms with Crippen molar-refractivity contribution < 1.29 is 27.7 Å². The van der Waals surface area contributed by atoms with E-state index in [1.807, 2.05) is 48.5 Å². The Labute approximate surface area is 291 Å². The Morgan fingerprint density at radius 3 is 1.54 bits per heavy atom. The van der Waals surface area contributed by atoms with Crippen LogP contribution in [0.25, 0.3) is 76.9 Å².